The summed E-state index contributed by atoms with van der Waals surface area (Å²) < 4.78 is 11.5. The van der Waals surface area contributed by atoms with E-state index in [2.05, 4.69) is 39.1 Å². The van der Waals surface area contributed by atoms with E-state index in [1.54, 1.807) is 12.5 Å². The fourth-order valence-electron chi connectivity index (χ4n) is 3.36. The maximum absolute atomic E-state index is 5.89. The second-order valence-electron chi connectivity index (χ2n) is 7.43. The van der Waals surface area contributed by atoms with Gasteiger partial charge in [0.1, 0.15) is 25.4 Å². The van der Waals surface area contributed by atoms with Crippen LogP contribution in [0.1, 0.15) is 31.5 Å². The van der Waals surface area contributed by atoms with Gasteiger partial charge in [0.25, 0.3) is 5.88 Å². The monoisotopic (exact) mass is 391 g/mol. The summed E-state index contributed by atoms with van der Waals surface area (Å²) in [5.74, 6) is 2.10. The summed E-state index contributed by atoms with van der Waals surface area (Å²) >= 11 is 0. The molecule has 0 amide bonds. The van der Waals surface area contributed by atoms with E-state index in [0.717, 1.165) is 40.5 Å². The summed E-state index contributed by atoms with van der Waals surface area (Å²) in [6.07, 6.45) is 6.10. The highest BCUT2D eigenvalue weighted by molar-refractivity contribution is 5.61. The average Bonchev–Trinajstić information content (AvgIpc) is 2.78. The normalized spacial score (nSPS) is 14.9. The molecule has 7 heteroatoms. The molecule has 0 saturated heterocycles. The Morgan fingerprint density at radius 3 is 2.72 bits per heavy atom. The number of anilines is 1. The third kappa shape index (κ3) is 3.99. The topological polar surface area (TPSA) is 82.1 Å². The smallest absolute Gasteiger partial charge is 0.257 e. The van der Waals surface area contributed by atoms with Crippen LogP contribution >= 0.6 is 0 Å². The molecule has 1 atom stereocenters. The number of nitrogens with one attached hydrogen (secondary N) is 1. The standard InChI is InChI=1S/C22H25N5O2/c1-4-22(3,17-7-8-23-21-20(17)28-9-10-29-21)13-25-19-11-18(26-14-27-19)16-6-5-15(2)24-12-16/h5-8,11-12,14H,4,9-10,13H2,1-3H3,(H,25,26,27). The Morgan fingerprint density at radius 2 is 1.93 bits per heavy atom. The first-order chi connectivity index (χ1) is 14.1. The summed E-state index contributed by atoms with van der Waals surface area (Å²) in [4.78, 5) is 17.4. The molecule has 0 saturated carbocycles. The summed E-state index contributed by atoms with van der Waals surface area (Å²) in [7, 11) is 0. The Hall–Kier alpha value is -3.22. The van der Waals surface area contributed by atoms with Crippen molar-refractivity contribution in [3.8, 4) is 22.9 Å². The number of aryl methyl sites for hydroxylation is 1. The minimum atomic E-state index is -0.176. The van der Waals surface area contributed by atoms with Crippen LogP contribution in [0.2, 0.25) is 0 Å². The Balaban J connectivity index is 1.56. The molecule has 1 unspecified atom stereocenters. The molecule has 0 radical (unpaired) electrons. The van der Waals surface area contributed by atoms with Gasteiger partial charge >= 0.3 is 0 Å². The number of rotatable bonds is 6. The average molecular weight is 391 g/mol. The molecular weight excluding hydrogens is 366 g/mol. The Bertz CT molecular complexity index is 993. The van der Waals surface area contributed by atoms with Crippen LogP contribution in [0.4, 0.5) is 5.82 Å². The fraction of sp³-hybridized carbons (Fsp3) is 0.364. The molecule has 1 N–H and O–H groups in total. The van der Waals surface area contributed by atoms with Crippen LogP contribution in [0.15, 0.2) is 43.0 Å². The summed E-state index contributed by atoms with van der Waals surface area (Å²) in [6, 6.07) is 7.96. The van der Waals surface area contributed by atoms with Gasteiger partial charge in [-0.05, 0) is 31.5 Å². The third-order valence-corrected chi connectivity index (χ3v) is 5.40. The first-order valence-electron chi connectivity index (χ1n) is 9.83. The lowest BCUT2D eigenvalue weighted by molar-refractivity contribution is 0.160. The van der Waals surface area contributed by atoms with Crippen molar-refractivity contribution in [2.45, 2.75) is 32.6 Å². The van der Waals surface area contributed by atoms with E-state index in [0.29, 0.717) is 25.6 Å². The molecule has 150 valence electrons. The zero-order valence-corrected chi connectivity index (χ0v) is 17.0. The summed E-state index contributed by atoms with van der Waals surface area (Å²) in [6.45, 7) is 8.10. The van der Waals surface area contributed by atoms with E-state index in [4.69, 9.17) is 9.47 Å². The number of pyridine rings is 2. The van der Waals surface area contributed by atoms with E-state index in [-0.39, 0.29) is 5.41 Å². The van der Waals surface area contributed by atoms with E-state index < -0.39 is 0 Å². The van der Waals surface area contributed by atoms with Crippen molar-refractivity contribution in [3.05, 3.63) is 54.2 Å². The highest BCUT2D eigenvalue weighted by Gasteiger charge is 2.31. The van der Waals surface area contributed by atoms with Crippen LogP contribution in [-0.4, -0.2) is 39.7 Å². The Morgan fingerprint density at radius 1 is 1.07 bits per heavy atom. The third-order valence-electron chi connectivity index (χ3n) is 5.40. The molecule has 0 aromatic carbocycles. The molecule has 0 spiro atoms. The van der Waals surface area contributed by atoms with Crippen LogP contribution in [0.25, 0.3) is 11.3 Å². The minimum Gasteiger partial charge on any atom is -0.484 e. The fourth-order valence-corrected chi connectivity index (χ4v) is 3.36. The van der Waals surface area contributed by atoms with Gasteiger partial charge in [-0.25, -0.2) is 15.0 Å². The van der Waals surface area contributed by atoms with Gasteiger partial charge in [0.2, 0.25) is 0 Å². The lowest BCUT2D eigenvalue weighted by Gasteiger charge is -2.32. The van der Waals surface area contributed by atoms with Gasteiger partial charge in [0, 0.05) is 47.2 Å². The van der Waals surface area contributed by atoms with Crippen molar-refractivity contribution < 1.29 is 9.47 Å². The molecule has 1 aliphatic heterocycles. The van der Waals surface area contributed by atoms with Crippen molar-refractivity contribution in [3.63, 3.8) is 0 Å². The maximum atomic E-state index is 5.89. The van der Waals surface area contributed by atoms with Crippen molar-refractivity contribution >= 4 is 5.82 Å². The van der Waals surface area contributed by atoms with Crippen LogP contribution < -0.4 is 14.8 Å². The molecule has 4 rings (SSSR count). The summed E-state index contributed by atoms with van der Waals surface area (Å²) in [5, 5.41) is 3.47. The van der Waals surface area contributed by atoms with E-state index in [1.165, 1.54) is 0 Å². The molecule has 0 fully saturated rings. The SMILES string of the molecule is CCC(C)(CNc1cc(-c2ccc(C)nc2)ncn1)c1ccnc2c1OCCO2. The molecule has 3 aromatic heterocycles. The van der Waals surface area contributed by atoms with Gasteiger partial charge < -0.3 is 14.8 Å². The van der Waals surface area contributed by atoms with E-state index in [1.807, 2.05) is 37.4 Å². The molecule has 29 heavy (non-hydrogen) atoms. The van der Waals surface area contributed by atoms with Crippen LogP contribution in [-0.2, 0) is 5.41 Å². The lowest BCUT2D eigenvalue weighted by Crippen LogP contribution is -2.32. The van der Waals surface area contributed by atoms with E-state index >= 15 is 0 Å². The molecule has 4 heterocycles. The highest BCUT2D eigenvalue weighted by Crippen LogP contribution is 2.40. The zero-order valence-electron chi connectivity index (χ0n) is 17.0. The van der Waals surface area contributed by atoms with Gasteiger partial charge in [-0.3, -0.25) is 4.98 Å². The number of fused-ring (bicyclic) bond motifs is 1. The second-order valence-corrected chi connectivity index (χ2v) is 7.43. The predicted molar refractivity (Wildman–Crippen MR) is 111 cm³/mol. The summed E-state index contributed by atoms with van der Waals surface area (Å²) in [5.41, 5.74) is 3.70. The number of hydrogen-bond donors (Lipinski definition) is 1. The van der Waals surface area contributed by atoms with Crippen molar-refractivity contribution in [1.29, 1.82) is 0 Å². The maximum Gasteiger partial charge on any atom is 0.257 e. The van der Waals surface area contributed by atoms with Gasteiger partial charge in [0.05, 0.1) is 5.69 Å². The van der Waals surface area contributed by atoms with E-state index in [9.17, 15) is 0 Å². The first-order valence-corrected chi connectivity index (χ1v) is 9.83. The van der Waals surface area contributed by atoms with Crippen LogP contribution in [0.3, 0.4) is 0 Å². The number of hydrogen-bond acceptors (Lipinski definition) is 7. The highest BCUT2D eigenvalue weighted by atomic mass is 16.6. The number of nitrogens with zero attached hydrogens (tertiary/aromatic N) is 4. The van der Waals surface area contributed by atoms with Crippen molar-refractivity contribution in [1.82, 2.24) is 19.9 Å². The van der Waals surface area contributed by atoms with Crippen molar-refractivity contribution in [2.24, 2.45) is 0 Å². The largest absolute Gasteiger partial charge is 0.484 e. The molecule has 1 aliphatic rings. The molecule has 7 nitrogen and oxygen atoms in total. The first kappa shape index (κ1) is 19.1. The second kappa shape index (κ2) is 8.03. The van der Waals surface area contributed by atoms with Crippen LogP contribution in [0, 0.1) is 6.92 Å². The number of aromatic nitrogens is 4. The quantitative estimate of drug-likeness (QED) is 0.684. The molecular formula is C22H25N5O2. The van der Waals surface area contributed by atoms with Gasteiger partial charge in [-0.15, -0.1) is 0 Å². The van der Waals surface area contributed by atoms with Crippen LogP contribution in [0.5, 0.6) is 11.6 Å². The van der Waals surface area contributed by atoms with Gasteiger partial charge in [-0.1, -0.05) is 13.8 Å². The predicted octanol–water partition coefficient (Wildman–Crippen LogP) is 3.79. The number of ether oxygens (including phenoxy) is 2. The lowest BCUT2D eigenvalue weighted by atomic mass is 9.79. The van der Waals surface area contributed by atoms with Gasteiger partial charge in [-0.2, -0.15) is 0 Å². The molecule has 0 bridgehead atoms. The Kier molecular flexibility index (Phi) is 5.29. The van der Waals surface area contributed by atoms with Gasteiger partial charge in [0.15, 0.2) is 5.75 Å². The molecule has 0 aliphatic carbocycles. The minimum absolute atomic E-state index is 0.176. The van der Waals surface area contributed by atoms with Crippen molar-refractivity contribution in [2.75, 3.05) is 25.1 Å². The zero-order chi connectivity index (χ0) is 20.3. The molecule has 3 aromatic rings. The Labute approximate surface area is 170 Å².